The van der Waals surface area contributed by atoms with E-state index in [1.54, 1.807) is 0 Å². The largest absolute Gasteiger partial charge is 0.457 e. The van der Waals surface area contributed by atoms with E-state index in [-0.39, 0.29) is 191 Å². The van der Waals surface area contributed by atoms with Gasteiger partial charge in [-0.05, 0) is 0 Å². The Labute approximate surface area is 240 Å². The third-order valence-electron chi connectivity index (χ3n) is 1.26. The summed E-state index contributed by atoms with van der Waals surface area (Å²) in [7, 11) is 0. The molecule has 0 atom stereocenters. The van der Waals surface area contributed by atoms with Crippen LogP contribution in [0.3, 0.4) is 0 Å². The molecule has 0 saturated carbocycles. The zero-order valence-corrected chi connectivity index (χ0v) is 17.6. The summed E-state index contributed by atoms with van der Waals surface area (Å²) in [5.41, 5.74) is 0. The van der Waals surface area contributed by atoms with Crippen LogP contribution < -0.4 is 0 Å². The van der Waals surface area contributed by atoms with E-state index >= 15 is 0 Å². The van der Waals surface area contributed by atoms with Crippen molar-refractivity contribution in [3.8, 4) is 0 Å². The molecule has 0 heterocycles. The number of aliphatic hydroxyl groups excluding tert-OH is 3. The fourth-order valence-corrected chi connectivity index (χ4v) is 0.916. The van der Waals surface area contributed by atoms with E-state index in [0.29, 0.717) is 0 Å². The number of nitrogens with zero attached hydrogens (tertiary/aromatic N) is 1. The Morgan fingerprint density at radius 2 is 0.667 bits per heavy atom. The molecule has 0 fully saturated rings. The second-order valence-electron chi connectivity index (χ2n) is 2.66. The van der Waals surface area contributed by atoms with Crippen LogP contribution >= 0.6 is 0 Å². The van der Waals surface area contributed by atoms with E-state index in [9.17, 15) is 0 Å². The Balaban J connectivity index is -0.0000000257. The molecule has 160 valence electrons. The van der Waals surface area contributed by atoms with Gasteiger partial charge in [-0.3, -0.25) is 4.90 Å². The first kappa shape index (κ1) is 56.2. The molecule has 0 aliphatic rings. The Bertz CT molecular complexity index is 123. The number of hydrogen-bond donors (Lipinski definition) is 6. The molecule has 0 bridgehead atoms. The maximum absolute atomic E-state index is 8.54. The van der Waals surface area contributed by atoms with Crippen molar-refractivity contribution in [2.24, 2.45) is 0 Å². The SMILES string of the molecule is O.O.O.OC(O)CN(CC(O)O)CC(O)O.[Er].[Er].[Er].[Er].[OH3+]. The third kappa shape index (κ3) is 45.6. The molecule has 15 heteroatoms. The fourth-order valence-electron chi connectivity index (χ4n) is 0.916. The van der Waals surface area contributed by atoms with Crippen molar-refractivity contribution >= 4 is 0 Å². The van der Waals surface area contributed by atoms with Gasteiger partial charge in [0.15, 0.2) is 18.9 Å². The molecule has 0 rings (SSSR count). The molecule has 15 N–H and O–H groups in total. The normalized spacial score (nSPS) is 7.71. The zero-order chi connectivity index (χ0) is 10.4. The molecule has 11 nitrogen and oxygen atoms in total. The molecular weight excluding hydrogens is 915 g/mol. The monoisotopic (exact) mass is 934 g/mol. The molecule has 21 heavy (non-hydrogen) atoms. The summed E-state index contributed by atoms with van der Waals surface area (Å²) in [6.07, 6.45) is -4.97. The van der Waals surface area contributed by atoms with Crippen molar-refractivity contribution < 1.29 is 202 Å². The van der Waals surface area contributed by atoms with E-state index in [1.165, 1.54) is 0 Å². The smallest absolute Gasteiger partial charge is 0.164 e. The van der Waals surface area contributed by atoms with Crippen LogP contribution in [-0.2, 0) is 5.48 Å². The summed E-state index contributed by atoms with van der Waals surface area (Å²) in [6, 6.07) is 0. The van der Waals surface area contributed by atoms with Crippen LogP contribution in [0.5, 0.6) is 0 Å². The summed E-state index contributed by atoms with van der Waals surface area (Å²) < 4.78 is 0. The van der Waals surface area contributed by atoms with Gasteiger partial charge in [-0.25, -0.2) is 0 Å². The van der Waals surface area contributed by atoms with E-state index in [0.717, 1.165) is 4.90 Å². The van der Waals surface area contributed by atoms with Crippen molar-refractivity contribution in [2.45, 2.75) is 18.9 Å². The predicted octanol–water partition coefficient (Wildman–Crippen LogP) is -7.18. The van der Waals surface area contributed by atoms with Crippen LogP contribution in [0.15, 0.2) is 0 Å². The van der Waals surface area contributed by atoms with Crippen LogP contribution in [0.1, 0.15) is 0 Å². The van der Waals surface area contributed by atoms with Gasteiger partial charge >= 0.3 is 0 Å². The Kier molecular flexibility index (Phi) is 95.4. The van der Waals surface area contributed by atoms with E-state index in [1.807, 2.05) is 0 Å². The summed E-state index contributed by atoms with van der Waals surface area (Å²) in [5, 5.41) is 51.2. The van der Waals surface area contributed by atoms with Gasteiger partial charge in [0.1, 0.15) is 0 Å². The van der Waals surface area contributed by atoms with E-state index in [4.69, 9.17) is 30.6 Å². The second-order valence-corrected chi connectivity index (χ2v) is 2.66. The molecule has 0 aliphatic heterocycles. The summed E-state index contributed by atoms with van der Waals surface area (Å²) in [6.45, 7) is -0.847. The van der Waals surface area contributed by atoms with Crippen LogP contribution in [0.2, 0.25) is 0 Å². The predicted molar refractivity (Wildman–Crippen MR) is 56.8 cm³/mol. The van der Waals surface area contributed by atoms with Gasteiger partial charge in [-0.2, -0.15) is 0 Å². The van der Waals surface area contributed by atoms with Gasteiger partial charge < -0.3 is 52.5 Å². The van der Waals surface area contributed by atoms with E-state index < -0.39 is 18.9 Å². The number of hydrogen-bond acceptors (Lipinski definition) is 7. The van der Waals surface area contributed by atoms with Crippen molar-refractivity contribution in [1.82, 2.24) is 4.90 Å². The van der Waals surface area contributed by atoms with Crippen molar-refractivity contribution in [1.29, 1.82) is 0 Å². The topological polar surface area (TPSA) is 252 Å². The maximum Gasteiger partial charge on any atom is 0.164 e. The first-order chi connectivity index (χ1) is 5.91. The minimum absolute atomic E-state index is 0. The van der Waals surface area contributed by atoms with Crippen LogP contribution in [-0.4, -0.2) is 90.5 Å². The molecule has 0 amide bonds. The minimum atomic E-state index is -1.66. The Hall–Kier alpha value is 4.55. The van der Waals surface area contributed by atoms with Crippen molar-refractivity contribution in [3.05, 3.63) is 0 Å². The van der Waals surface area contributed by atoms with Gasteiger partial charge in [-0.15, -0.1) is 0 Å². The summed E-state index contributed by atoms with van der Waals surface area (Å²) >= 11 is 0. The summed E-state index contributed by atoms with van der Waals surface area (Å²) in [5.74, 6) is 0. The van der Waals surface area contributed by atoms with Gasteiger partial charge in [-0.1, -0.05) is 0 Å². The number of rotatable bonds is 6. The molecule has 0 radical (unpaired) electrons. The molecular formula is C6H24Er4NO10+. The third-order valence-corrected chi connectivity index (χ3v) is 1.26. The van der Waals surface area contributed by atoms with Crippen molar-refractivity contribution in [2.75, 3.05) is 19.6 Å². The first-order valence-electron chi connectivity index (χ1n) is 3.72. The standard InChI is InChI=1S/C6H15NO6.4Er.4H2O/c8-4(9)1-7(2-5(10)11)3-6(12)13;;;;;;;;/h4-6,8-13H,1-3H2;;;;;4*1H2/p+1. The van der Waals surface area contributed by atoms with Gasteiger partial charge in [0.2, 0.25) is 0 Å². The van der Waals surface area contributed by atoms with Gasteiger partial charge in [0, 0.05) is 169 Å². The quantitative estimate of drug-likeness (QED) is 0.111. The zero-order valence-electron chi connectivity index (χ0n) is 10.2. The molecule has 0 aromatic rings. The summed E-state index contributed by atoms with van der Waals surface area (Å²) in [4.78, 5) is 1.10. The molecule has 0 aliphatic carbocycles. The minimum Gasteiger partial charge on any atom is -0.457 e. The van der Waals surface area contributed by atoms with Gasteiger partial charge in [0.25, 0.3) is 0 Å². The van der Waals surface area contributed by atoms with Crippen LogP contribution in [0.4, 0.5) is 0 Å². The Morgan fingerprint density at radius 1 is 0.524 bits per heavy atom. The average molecular weight is 939 g/mol. The fraction of sp³-hybridized carbons (Fsp3) is 1.00. The maximum atomic E-state index is 8.54. The second kappa shape index (κ2) is 35.6. The number of aliphatic hydroxyl groups is 6. The van der Waals surface area contributed by atoms with Crippen LogP contribution in [0.25, 0.3) is 0 Å². The Morgan fingerprint density at radius 3 is 0.762 bits per heavy atom. The van der Waals surface area contributed by atoms with Crippen LogP contribution in [0, 0.1) is 149 Å². The molecule has 0 spiro atoms. The van der Waals surface area contributed by atoms with Gasteiger partial charge in [0.05, 0.1) is 0 Å². The van der Waals surface area contributed by atoms with Crippen molar-refractivity contribution in [3.63, 3.8) is 0 Å². The van der Waals surface area contributed by atoms with E-state index in [2.05, 4.69) is 0 Å². The molecule has 0 unspecified atom stereocenters. The molecule has 0 aromatic carbocycles. The first-order valence-corrected chi connectivity index (χ1v) is 3.72. The molecule has 0 saturated heterocycles. The average Bonchev–Trinajstić information content (AvgIpc) is 1.80. The molecule has 0 aromatic heterocycles.